The van der Waals surface area contributed by atoms with E-state index in [1.54, 1.807) is 11.4 Å². The van der Waals surface area contributed by atoms with Crippen molar-refractivity contribution in [3.63, 3.8) is 0 Å². The number of rotatable bonds is 6. The molecule has 0 aliphatic carbocycles. The second-order valence-electron chi connectivity index (χ2n) is 4.54. The average molecular weight is 364 g/mol. The van der Waals surface area contributed by atoms with Crippen LogP contribution < -0.4 is 10.1 Å². The molecule has 0 fully saturated rings. The van der Waals surface area contributed by atoms with Gasteiger partial charge in [0.2, 0.25) is 0 Å². The summed E-state index contributed by atoms with van der Waals surface area (Å²) in [5.74, 6) is -1.24. The number of nitrogens with one attached hydrogen (secondary N) is 1. The van der Waals surface area contributed by atoms with Gasteiger partial charge < -0.3 is 9.47 Å². The Morgan fingerprint density at radius 3 is 2.75 bits per heavy atom. The Labute approximate surface area is 138 Å². The molecule has 1 aromatic heterocycles. The Bertz CT molecular complexity index is 718. The van der Waals surface area contributed by atoms with Crippen molar-refractivity contribution < 1.29 is 31.8 Å². The van der Waals surface area contributed by atoms with E-state index in [0.717, 1.165) is 11.3 Å². The lowest BCUT2D eigenvalue weighted by molar-refractivity contribution is -0.174. The van der Waals surface area contributed by atoms with Crippen molar-refractivity contribution in [1.29, 1.82) is 0 Å². The standard InChI is InChI=1S/C14H12F4N2O3S/c1-22-11-3-2-8(4-9(11)15)10-6-24-13(19-10)20-12(21)5-23-7-14(16,17)18/h2-4,6H,5,7H2,1H3,(H,19,20,21). The fraction of sp³-hybridized carbons (Fsp3) is 0.286. The van der Waals surface area contributed by atoms with Crippen LogP contribution in [0.25, 0.3) is 11.3 Å². The van der Waals surface area contributed by atoms with Crippen LogP contribution >= 0.6 is 11.3 Å². The summed E-state index contributed by atoms with van der Waals surface area (Å²) in [4.78, 5) is 15.5. The summed E-state index contributed by atoms with van der Waals surface area (Å²) in [6.07, 6.45) is -4.49. The quantitative estimate of drug-likeness (QED) is 0.798. The molecular weight excluding hydrogens is 352 g/mol. The van der Waals surface area contributed by atoms with Crippen molar-refractivity contribution in [3.8, 4) is 17.0 Å². The lowest BCUT2D eigenvalue weighted by Crippen LogP contribution is -2.23. The van der Waals surface area contributed by atoms with Gasteiger partial charge >= 0.3 is 6.18 Å². The topological polar surface area (TPSA) is 60.5 Å². The molecule has 0 spiro atoms. The number of thiazole rings is 1. The molecule has 0 saturated heterocycles. The van der Waals surface area contributed by atoms with Crippen molar-refractivity contribution in [2.45, 2.75) is 6.18 Å². The molecule has 0 aliphatic heterocycles. The van der Waals surface area contributed by atoms with Gasteiger partial charge in [-0.3, -0.25) is 10.1 Å². The van der Waals surface area contributed by atoms with Gasteiger partial charge in [0, 0.05) is 10.9 Å². The van der Waals surface area contributed by atoms with Crippen LogP contribution in [-0.2, 0) is 9.53 Å². The molecule has 0 saturated carbocycles. The normalized spacial score (nSPS) is 11.4. The molecule has 0 bridgehead atoms. The smallest absolute Gasteiger partial charge is 0.411 e. The summed E-state index contributed by atoms with van der Waals surface area (Å²) in [6, 6.07) is 4.26. The molecule has 0 atom stereocenters. The van der Waals surface area contributed by atoms with Gasteiger partial charge in [-0.25, -0.2) is 9.37 Å². The Kier molecular flexibility index (Phi) is 5.73. The van der Waals surface area contributed by atoms with Crippen LogP contribution in [0.4, 0.5) is 22.7 Å². The van der Waals surface area contributed by atoms with Gasteiger partial charge in [-0.15, -0.1) is 11.3 Å². The summed E-state index contributed by atoms with van der Waals surface area (Å²) in [7, 11) is 1.34. The number of carbonyl (C=O) groups excluding carboxylic acids is 1. The fourth-order valence-corrected chi connectivity index (χ4v) is 2.44. The molecule has 5 nitrogen and oxygen atoms in total. The van der Waals surface area contributed by atoms with Gasteiger partial charge in [0.1, 0.15) is 13.2 Å². The minimum Gasteiger partial charge on any atom is -0.494 e. The largest absolute Gasteiger partial charge is 0.494 e. The van der Waals surface area contributed by atoms with E-state index < -0.39 is 31.1 Å². The highest BCUT2D eigenvalue weighted by Crippen LogP contribution is 2.28. The number of methoxy groups -OCH3 is 1. The van der Waals surface area contributed by atoms with E-state index in [0.29, 0.717) is 11.3 Å². The van der Waals surface area contributed by atoms with Gasteiger partial charge in [-0.2, -0.15) is 13.2 Å². The Hall–Kier alpha value is -2.20. The molecule has 130 valence electrons. The number of anilines is 1. The first kappa shape index (κ1) is 18.1. The van der Waals surface area contributed by atoms with E-state index in [2.05, 4.69) is 15.0 Å². The summed E-state index contributed by atoms with van der Waals surface area (Å²) in [5, 5.41) is 4.06. The van der Waals surface area contributed by atoms with Crippen LogP contribution in [0.3, 0.4) is 0 Å². The zero-order chi connectivity index (χ0) is 17.7. The molecule has 1 N–H and O–H groups in total. The van der Waals surface area contributed by atoms with E-state index in [-0.39, 0.29) is 10.9 Å². The van der Waals surface area contributed by atoms with Gasteiger partial charge in [-0.1, -0.05) is 0 Å². The first-order valence-electron chi connectivity index (χ1n) is 6.52. The van der Waals surface area contributed by atoms with Crippen LogP contribution in [0, 0.1) is 5.82 Å². The van der Waals surface area contributed by atoms with E-state index in [4.69, 9.17) is 4.74 Å². The number of carbonyl (C=O) groups is 1. The number of amides is 1. The number of ether oxygens (including phenoxy) is 2. The molecule has 1 aromatic carbocycles. The predicted octanol–water partition coefficient (Wildman–Crippen LogP) is 3.48. The molecule has 2 aromatic rings. The summed E-state index contributed by atoms with van der Waals surface area (Å²) < 4.78 is 58.4. The highest BCUT2D eigenvalue weighted by Gasteiger charge is 2.27. The number of alkyl halides is 3. The van der Waals surface area contributed by atoms with E-state index in [1.165, 1.54) is 19.2 Å². The van der Waals surface area contributed by atoms with E-state index >= 15 is 0 Å². The maximum absolute atomic E-state index is 13.7. The third-order valence-corrected chi connectivity index (χ3v) is 3.45. The zero-order valence-electron chi connectivity index (χ0n) is 12.3. The predicted molar refractivity (Wildman–Crippen MR) is 79.6 cm³/mol. The van der Waals surface area contributed by atoms with Gasteiger partial charge in [0.15, 0.2) is 16.7 Å². The molecule has 2 rings (SSSR count). The second kappa shape index (κ2) is 7.58. The number of benzene rings is 1. The molecule has 0 radical (unpaired) electrons. The molecule has 1 amide bonds. The van der Waals surface area contributed by atoms with Crippen molar-refractivity contribution in [1.82, 2.24) is 4.98 Å². The Morgan fingerprint density at radius 1 is 1.38 bits per heavy atom. The molecule has 24 heavy (non-hydrogen) atoms. The molecule has 1 heterocycles. The molecule has 0 unspecified atom stereocenters. The monoisotopic (exact) mass is 364 g/mol. The highest BCUT2D eigenvalue weighted by molar-refractivity contribution is 7.14. The molecule has 0 aliphatic rings. The third kappa shape index (κ3) is 5.17. The maximum atomic E-state index is 13.7. The fourth-order valence-electron chi connectivity index (χ4n) is 1.70. The van der Waals surface area contributed by atoms with Crippen molar-refractivity contribution in [3.05, 3.63) is 29.4 Å². The Morgan fingerprint density at radius 2 is 2.12 bits per heavy atom. The van der Waals surface area contributed by atoms with Crippen molar-refractivity contribution in [2.75, 3.05) is 25.6 Å². The first-order chi connectivity index (χ1) is 11.3. The number of nitrogens with zero attached hydrogens (tertiary/aromatic N) is 1. The van der Waals surface area contributed by atoms with Crippen molar-refractivity contribution in [2.24, 2.45) is 0 Å². The van der Waals surface area contributed by atoms with Crippen LogP contribution in [0.2, 0.25) is 0 Å². The summed E-state index contributed by atoms with van der Waals surface area (Å²) in [6.45, 7) is -2.25. The van der Waals surface area contributed by atoms with E-state index in [9.17, 15) is 22.4 Å². The maximum Gasteiger partial charge on any atom is 0.411 e. The number of hydrogen-bond donors (Lipinski definition) is 1. The van der Waals surface area contributed by atoms with Gasteiger partial charge in [-0.05, 0) is 18.2 Å². The van der Waals surface area contributed by atoms with Gasteiger partial charge in [0.25, 0.3) is 5.91 Å². The second-order valence-corrected chi connectivity index (χ2v) is 5.40. The summed E-state index contributed by atoms with van der Waals surface area (Å²) in [5.41, 5.74) is 0.881. The summed E-state index contributed by atoms with van der Waals surface area (Å²) >= 11 is 1.05. The minimum atomic E-state index is -4.49. The van der Waals surface area contributed by atoms with Crippen molar-refractivity contribution >= 4 is 22.4 Å². The minimum absolute atomic E-state index is 0.0873. The number of halogens is 4. The SMILES string of the molecule is COc1ccc(-c2csc(NC(=O)COCC(F)(F)F)n2)cc1F. The lowest BCUT2D eigenvalue weighted by atomic mass is 10.1. The van der Waals surface area contributed by atoms with Gasteiger partial charge in [0.05, 0.1) is 12.8 Å². The average Bonchev–Trinajstić information content (AvgIpc) is 2.94. The molecule has 10 heteroatoms. The highest BCUT2D eigenvalue weighted by atomic mass is 32.1. The number of hydrogen-bond acceptors (Lipinski definition) is 5. The zero-order valence-corrected chi connectivity index (χ0v) is 13.1. The van der Waals surface area contributed by atoms with E-state index in [1.807, 2.05) is 0 Å². The number of aromatic nitrogens is 1. The van der Waals surface area contributed by atoms with Crippen LogP contribution in [0.1, 0.15) is 0 Å². The Balaban J connectivity index is 1.95. The van der Waals surface area contributed by atoms with Crippen LogP contribution in [-0.4, -0.2) is 37.4 Å². The lowest BCUT2D eigenvalue weighted by Gasteiger charge is -2.06. The first-order valence-corrected chi connectivity index (χ1v) is 7.40. The van der Waals surface area contributed by atoms with Crippen LogP contribution in [0.15, 0.2) is 23.6 Å². The third-order valence-electron chi connectivity index (χ3n) is 2.70. The van der Waals surface area contributed by atoms with Crippen LogP contribution in [0.5, 0.6) is 5.75 Å². The molecular formula is C14H12F4N2O3S.